The van der Waals surface area contributed by atoms with Gasteiger partial charge >= 0.3 is 0 Å². The van der Waals surface area contributed by atoms with Gasteiger partial charge < -0.3 is 9.63 Å². The normalized spacial score (nSPS) is 23.1. The smallest absolute Gasteiger partial charge is 0.236 e. The highest BCUT2D eigenvalue weighted by Crippen LogP contribution is 2.26. The van der Waals surface area contributed by atoms with E-state index in [4.69, 9.17) is 0 Å². The first-order valence-electron chi connectivity index (χ1n) is 3.35. The number of aromatic nitrogens is 2. The number of nitrogens with zero attached hydrogens (tertiary/aromatic N) is 2. The van der Waals surface area contributed by atoms with Crippen LogP contribution in [0.25, 0.3) is 0 Å². The van der Waals surface area contributed by atoms with E-state index in [1.54, 1.807) is 4.68 Å². The Labute approximate surface area is 58.0 Å². The minimum absolute atomic E-state index is 0.273. The summed E-state index contributed by atoms with van der Waals surface area (Å²) in [5.74, 6) is 0.0451. The third-order valence-electron chi connectivity index (χ3n) is 1.95. The first-order chi connectivity index (χ1) is 4.79. The van der Waals surface area contributed by atoms with Gasteiger partial charge in [-0.05, 0) is 0 Å². The Morgan fingerprint density at radius 1 is 1.80 bits per heavy atom. The Hall–Kier alpha value is -1.06. The van der Waals surface area contributed by atoms with Crippen molar-refractivity contribution in [2.45, 2.75) is 25.8 Å². The summed E-state index contributed by atoms with van der Waals surface area (Å²) < 4.78 is 6.11. The monoisotopic (exact) mass is 140 g/mol. The maximum atomic E-state index is 10.9. The van der Waals surface area contributed by atoms with Crippen LogP contribution in [0.3, 0.4) is 0 Å². The summed E-state index contributed by atoms with van der Waals surface area (Å²) in [7, 11) is 0. The maximum Gasteiger partial charge on any atom is 0.236 e. The molecule has 10 heavy (non-hydrogen) atoms. The molecule has 2 rings (SSSR count). The second kappa shape index (κ2) is 1.71. The second-order valence-corrected chi connectivity index (χ2v) is 2.66. The van der Waals surface area contributed by atoms with Gasteiger partial charge in [0.05, 0.1) is 11.2 Å². The molecule has 0 spiro atoms. The van der Waals surface area contributed by atoms with Crippen LogP contribution in [-0.4, -0.2) is 5.27 Å². The average Bonchev–Trinajstić information content (AvgIpc) is 2.40. The molecular formula is C6H8N2O2. The lowest BCUT2D eigenvalue weighted by atomic mass is 10.1. The van der Waals surface area contributed by atoms with Crippen molar-refractivity contribution < 1.29 is 14.3 Å². The van der Waals surface area contributed by atoms with Gasteiger partial charge in [0.1, 0.15) is 0 Å². The van der Waals surface area contributed by atoms with Crippen molar-refractivity contribution in [2.75, 3.05) is 0 Å². The summed E-state index contributed by atoms with van der Waals surface area (Å²) in [6.45, 7) is 2.83. The SMILES string of the molecule is CC1CC[n+]2noc([O-])c21. The fourth-order valence-corrected chi connectivity index (χ4v) is 1.35. The zero-order chi connectivity index (χ0) is 7.14. The standard InChI is InChI=1S/C6H8N2O2/c1-4-2-3-8-5(4)6(9)10-7-8/h4H,2-3H2,1H3. The predicted molar refractivity (Wildman–Crippen MR) is 29.2 cm³/mol. The molecule has 1 unspecified atom stereocenters. The first kappa shape index (κ1) is 5.70. The van der Waals surface area contributed by atoms with Crippen molar-refractivity contribution in [3.63, 3.8) is 0 Å². The zero-order valence-corrected chi connectivity index (χ0v) is 5.70. The van der Waals surface area contributed by atoms with E-state index in [-0.39, 0.29) is 5.95 Å². The van der Waals surface area contributed by atoms with Gasteiger partial charge in [-0.3, -0.25) is 0 Å². The number of hydrogen-bond acceptors (Lipinski definition) is 3. The van der Waals surface area contributed by atoms with Gasteiger partial charge in [-0.25, -0.2) is 0 Å². The van der Waals surface area contributed by atoms with Gasteiger partial charge in [-0.1, -0.05) is 11.6 Å². The molecule has 0 radical (unpaired) electrons. The Morgan fingerprint density at radius 3 is 3.30 bits per heavy atom. The molecular weight excluding hydrogens is 132 g/mol. The summed E-state index contributed by atoms with van der Waals surface area (Å²) in [6, 6.07) is 0. The maximum absolute atomic E-state index is 10.9. The van der Waals surface area contributed by atoms with E-state index < -0.39 is 0 Å². The molecule has 1 aromatic rings. The van der Waals surface area contributed by atoms with E-state index in [9.17, 15) is 5.11 Å². The molecule has 54 valence electrons. The lowest BCUT2D eigenvalue weighted by Gasteiger charge is -1.93. The number of hydrogen-bond donors (Lipinski definition) is 0. The third kappa shape index (κ3) is 0.558. The highest BCUT2D eigenvalue weighted by Gasteiger charge is 2.30. The highest BCUT2D eigenvalue weighted by atomic mass is 16.6. The summed E-state index contributed by atoms with van der Waals surface area (Å²) in [5.41, 5.74) is 0.722. The van der Waals surface area contributed by atoms with Crippen LogP contribution in [0, 0.1) is 0 Å². The van der Waals surface area contributed by atoms with Gasteiger partial charge in [-0.15, -0.1) is 0 Å². The number of fused-ring (bicyclic) bond motifs is 1. The minimum Gasteiger partial charge on any atom is -0.539 e. The fraction of sp³-hybridized carbons (Fsp3) is 0.667. The second-order valence-electron chi connectivity index (χ2n) is 2.66. The van der Waals surface area contributed by atoms with Crippen LogP contribution < -0.4 is 9.79 Å². The molecule has 0 N–H and O–H groups in total. The van der Waals surface area contributed by atoms with Crippen molar-refractivity contribution >= 4 is 0 Å². The van der Waals surface area contributed by atoms with Crippen LogP contribution in [0.5, 0.6) is 5.95 Å². The van der Waals surface area contributed by atoms with Crippen LogP contribution in [-0.2, 0) is 6.54 Å². The predicted octanol–water partition coefficient (Wildman–Crippen LogP) is -0.457. The van der Waals surface area contributed by atoms with Crippen molar-refractivity contribution in [3.8, 4) is 5.95 Å². The molecule has 4 nitrogen and oxygen atoms in total. The van der Waals surface area contributed by atoms with E-state index in [0.29, 0.717) is 5.92 Å². The molecule has 1 aliphatic heterocycles. The van der Waals surface area contributed by atoms with Gasteiger partial charge in [0, 0.05) is 6.42 Å². The van der Waals surface area contributed by atoms with Crippen molar-refractivity contribution in [1.29, 1.82) is 0 Å². The molecule has 0 bridgehead atoms. The van der Waals surface area contributed by atoms with Gasteiger partial charge in [0.25, 0.3) is 0 Å². The summed E-state index contributed by atoms with van der Waals surface area (Å²) in [5, 5.41) is 14.4. The average molecular weight is 140 g/mol. The third-order valence-corrected chi connectivity index (χ3v) is 1.95. The largest absolute Gasteiger partial charge is 0.539 e. The zero-order valence-electron chi connectivity index (χ0n) is 5.70. The molecule has 0 saturated heterocycles. The molecule has 0 aliphatic carbocycles. The lowest BCUT2D eigenvalue weighted by Crippen LogP contribution is -2.34. The van der Waals surface area contributed by atoms with Gasteiger partial charge in [-0.2, -0.15) is 0 Å². The number of rotatable bonds is 0. The van der Waals surface area contributed by atoms with Gasteiger partial charge in [0.15, 0.2) is 12.5 Å². The van der Waals surface area contributed by atoms with Crippen LogP contribution in [0.15, 0.2) is 4.52 Å². The molecule has 4 heteroatoms. The molecule has 1 atom stereocenters. The first-order valence-corrected chi connectivity index (χ1v) is 3.35. The lowest BCUT2D eigenvalue weighted by molar-refractivity contribution is -0.757. The van der Waals surface area contributed by atoms with Crippen molar-refractivity contribution in [2.24, 2.45) is 0 Å². The van der Waals surface area contributed by atoms with Crippen LogP contribution >= 0.6 is 0 Å². The summed E-state index contributed by atoms with van der Waals surface area (Å²) in [4.78, 5) is 0. The molecule has 1 aliphatic rings. The Balaban J connectivity index is 2.54. The van der Waals surface area contributed by atoms with Crippen molar-refractivity contribution in [1.82, 2.24) is 5.27 Å². The summed E-state index contributed by atoms with van der Waals surface area (Å²) >= 11 is 0. The minimum atomic E-state index is -0.273. The molecule has 1 aromatic heterocycles. The Morgan fingerprint density at radius 2 is 2.60 bits per heavy atom. The van der Waals surface area contributed by atoms with Gasteiger partial charge in [0.2, 0.25) is 5.69 Å². The molecule has 0 saturated carbocycles. The highest BCUT2D eigenvalue weighted by molar-refractivity contribution is 5.10. The van der Waals surface area contributed by atoms with Crippen molar-refractivity contribution in [3.05, 3.63) is 5.69 Å². The quantitative estimate of drug-likeness (QED) is 0.458. The molecule has 2 heterocycles. The Bertz CT molecular complexity index is 256. The number of aryl methyl sites for hydroxylation is 1. The van der Waals surface area contributed by atoms with E-state index >= 15 is 0 Å². The topological polar surface area (TPSA) is 53.0 Å². The van der Waals surface area contributed by atoms with E-state index in [1.165, 1.54) is 0 Å². The van der Waals surface area contributed by atoms with E-state index in [2.05, 4.69) is 9.79 Å². The molecule has 0 aromatic carbocycles. The van der Waals surface area contributed by atoms with Crippen LogP contribution in [0.4, 0.5) is 0 Å². The summed E-state index contributed by atoms with van der Waals surface area (Å²) in [6.07, 6.45) is 1.01. The van der Waals surface area contributed by atoms with E-state index in [1.807, 2.05) is 6.92 Å². The molecule has 0 amide bonds. The Kier molecular flexibility index (Phi) is 0.977. The van der Waals surface area contributed by atoms with Crippen LogP contribution in [0.1, 0.15) is 25.0 Å². The van der Waals surface area contributed by atoms with Crippen LogP contribution in [0.2, 0.25) is 0 Å². The fourth-order valence-electron chi connectivity index (χ4n) is 1.35. The van der Waals surface area contributed by atoms with E-state index in [0.717, 1.165) is 18.7 Å². The molecule has 0 fully saturated rings.